The SMILES string of the molecule is COc1ccc(C)cc1-c1csc(NC(=O)C2CC(c3cccc(F)c3)=NO2)n1. The summed E-state index contributed by atoms with van der Waals surface area (Å²) in [6.45, 7) is 1.99. The number of carbonyl (C=O) groups excluding carboxylic acids is 1. The number of ether oxygens (including phenoxy) is 1. The number of halogens is 1. The van der Waals surface area contributed by atoms with E-state index >= 15 is 0 Å². The summed E-state index contributed by atoms with van der Waals surface area (Å²) in [4.78, 5) is 22.3. The molecule has 0 spiro atoms. The van der Waals surface area contributed by atoms with Crippen molar-refractivity contribution in [2.75, 3.05) is 12.4 Å². The molecule has 3 aromatic rings. The molecule has 0 radical (unpaired) electrons. The van der Waals surface area contributed by atoms with Crippen LogP contribution >= 0.6 is 11.3 Å². The number of nitrogens with zero attached hydrogens (tertiary/aromatic N) is 2. The highest BCUT2D eigenvalue weighted by Gasteiger charge is 2.29. The number of hydrogen-bond donors (Lipinski definition) is 1. The van der Waals surface area contributed by atoms with Crippen LogP contribution in [0.15, 0.2) is 53.0 Å². The molecule has 1 aliphatic heterocycles. The summed E-state index contributed by atoms with van der Waals surface area (Å²) in [7, 11) is 1.61. The van der Waals surface area contributed by atoms with Crippen LogP contribution in [0.5, 0.6) is 5.75 Å². The number of carbonyl (C=O) groups is 1. The minimum absolute atomic E-state index is 0.263. The molecule has 0 bridgehead atoms. The number of benzene rings is 2. The first kappa shape index (κ1) is 19.1. The molecular formula is C21H18FN3O3S. The van der Waals surface area contributed by atoms with Gasteiger partial charge < -0.3 is 9.57 Å². The first-order valence-electron chi connectivity index (χ1n) is 8.93. The third kappa shape index (κ3) is 4.12. The van der Waals surface area contributed by atoms with Crippen LogP contribution in [-0.2, 0) is 9.63 Å². The summed E-state index contributed by atoms with van der Waals surface area (Å²) in [6.07, 6.45) is -0.520. The molecule has 1 unspecified atom stereocenters. The first-order chi connectivity index (χ1) is 14.0. The van der Waals surface area contributed by atoms with Crippen molar-refractivity contribution in [2.45, 2.75) is 19.4 Å². The van der Waals surface area contributed by atoms with Crippen LogP contribution in [0, 0.1) is 12.7 Å². The van der Waals surface area contributed by atoms with Crippen LogP contribution in [-0.4, -0.2) is 29.8 Å². The lowest BCUT2D eigenvalue weighted by molar-refractivity contribution is -0.125. The van der Waals surface area contributed by atoms with Gasteiger partial charge in [-0.15, -0.1) is 11.3 Å². The Labute approximate surface area is 171 Å². The van der Waals surface area contributed by atoms with E-state index in [0.29, 0.717) is 22.2 Å². The third-order valence-corrected chi connectivity index (χ3v) is 5.24. The number of nitrogens with one attached hydrogen (secondary N) is 1. The number of thiazole rings is 1. The van der Waals surface area contributed by atoms with Gasteiger partial charge in [-0.2, -0.15) is 0 Å². The van der Waals surface area contributed by atoms with E-state index in [1.807, 2.05) is 30.5 Å². The molecule has 6 nitrogen and oxygen atoms in total. The van der Waals surface area contributed by atoms with Gasteiger partial charge in [-0.3, -0.25) is 10.1 Å². The Hall–Kier alpha value is -3.26. The monoisotopic (exact) mass is 411 g/mol. The van der Waals surface area contributed by atoms with E-state index in [9.17, 15) is 9.18 Å². The van der Waals surface area contributed by atoms with Gasteiger partial charge in [0.1, 0.15) is 11.6 Å². The molecule has 1 aromatic heterocycles. The van der Waals surface area contributed by atoms with Crippen molar-refractivity contribution in [3.05, 3.63) is 64.8 Å². The van der Waals surface area contributed by atoms with E-state index in [2.05, 4.69) is 15.5 Å². The number of anilines is 1. The molecule has 0 saturated carbocycles. The molecule has 29 heavy (non-hydrogen) atoms. The molecule has 148 valence electrons. The quantitative estimate of drug-likeness (QED) is 0.676. The summed E-state index contributed by atoms with van der Waals surface area (Å²) in [5.41, 5.74) is 3.80. The topological polar surface area (TPSA) is 72.8 Å². The Morgan fingerprint density at radius 3 is 2.97 bits per heavy atom. The van der Waals surface area contributed by atoms with E-state index in [-0.39, 0.29) is 18.1 Å². The van der Waals surface area contributed by atoms with Crippen molar-refractivity contribution in [1.82, 2.24) is 4.98 Å². The van der Waals surface area contributed by atoms with E-state index in [0.717, 1.165) is 16.8 Å². The van der Waals surface area contributed by atoms with Gasteiger partial charge in [0, 0.05) is 22.9 Å². The van der Waals surface area contributed by atoms with Gasteiger partial charge >= 0.3 is 0 Å². The maximum absolute atomic E-state index is 13.4. The molecule has 1 N–H and O–H groups in total. The fourth-order valence-corrected chi connectivity index (χ4v) is 3.73. The van der Waals surface area contributed by atoms with Crippen molar-refractivity contribution in [2.24, 2.45) is 5.16 Å². The molecular weight excluding hydrogens is 393 g/mol. The standard InChI is InChI=1S/C21H18FN3O3S/c1-12-6-7-18(27-2)15(8-12)17-11-29-21(23-17)24-20(26)19-10-16(25-28-19)13-4-3-5-14(22)9-13/h3-9,11,19H,10H2,1-2H3,(H,23,24,26). The number of rotatable bonds is 5. The molecule has 4 rings (SSSR count). The molecule has 1 atom stereocenters. The average molecular weight is 411 g/mol. The van der Waals surface area contributed by atoms with Crippen molar-refractivity contribution < 1.29 is 18.8 Å². The Morgan fingerprint density at radius 2 is 2.17 bits per heavy atom. The van der Waals surface area contributed by atoms with Gasteiger partial charge in [-0.1, -0.05) is 28.9 Å². The number of oxime groups is 1. The molecule has 1 aliphatic rings. The second-order valence-electron chi connectivity index (χ2n) is 6.58. The van der Waals surface area contributed by atoms with Crippen molar-refractivity contribution in [1.29, 1.82) is 0 Å². The minimum Gasteiger partial charge on any atom is -0.496 e. The summed E-state index contributed by atoms with van der Waals surface area (Å²) >= 11 is 1.31. The van der Waals surface area contributed by atoms with E-state index in [4.69, 9.17) is 9.57 Å². The molecule has 1 amide bonds. The highest BCUT2D eigenvalue weighted by atomic mass is 32.1. The third-order valence-electron chi connectivity index (χ3n) is 4.48. The number of methoxy groups -OCH3 is 1. The van der Waals surface area contributed by atoms with Crippen LogP contribution in [0.3, 0.4) is 0 Å². The first-order valence-corrected chi connectivity index (χ1v) is 9.81. The van der Waals surface area contributed by atoms with Gasteiger partial charge in [-0.25, -0.2) is 9.37 Å². The smallest absolute Gasteiger partial charge is 0.270 e. The summed E-state index contributed by atoms with van der Waals surface area (Å²) < 4.78 is 18.8. The largest absolute Gasteiger partial charge is 0.496 e. The Bertz CT molecular complexity index is 1100. The molecule has 2 aromatic carbocycles. The zero-order valence-electron chi connectivity index (χ0n) is 15.8. The number of aryl methyl sites for hydroxylation is 1. The fourth-order valence-electron chi connectivity index (χ4n) is 3.02. The highest BCUT2D eigenvalue weighted by Crippen LogP contribution is 2.33. The van der Waals surface area contributed by atoms with Gasteiger partial charge in [0.15, 0.2) is 5.13 Å². The average Bonchev–Trinajstić information content (AvgIpc) is 3.38. The van der Waals surface area contributed by atoms with Crippen LogP contribution in [0.4, 0.5) is 9.52 Å². The second-order valence-corrected chi connectivity index (χ2v) is 7.44. The van der Waals surface area contributed by atoms with Crippen molar-refractivity contribution in [3.8, 4) is 17.0 Å². The van der Waals surface area contributed by atoms with Crippen LogP contribution in [0.1, 0.15) is 17.5 Å². The summed E-state index contributed by atoms with van der Waals surface area (Å²) in [5, 5.41) is 9.01. The van der Waals surface area contributed by atoms with Gasteiger partial charge in [-0.05, 0) is 31.2 Å². The Balaban J connectivity index is 1.44. The lowest BCUT2D eigenvalue weighted by Gasteiger charge is -2.08. The number of amides is 1. The Morgan fingerprint density at radius 1 is 1.31 bits per heavy atom. The number of hydrogen-bond acceptors (Lipinski definition) is 6. The van der Waals surface area contributed by atoms with Crippen LogP contribution < -0.4 is 10.1 Å². The number of aromatic nitrogens is 1. The maximum Gasteiger partial charge on any atom is 0.270 e. The van der Waals surface area contributed by atoms with Gasteiger partial charge in [0.2, 0.25) is 6.10 Å². The highest BCUT2D eigenvalue weighted by molar-refractivity contribution is 7.14. The molecule has 0 fully saturated rings. The van der Waals surface area contributed by atoms with E-state index < -0.39 is 6.10 Å². The summed E-state index contributed by atoms with van der Waals surface area (Å²) in [5.74, 6) is 0.00305. The summed E-state index contributed by atoms with van der Waals surface area (Å²) in [6, 6.07) is 11.9. The van der Waals surface area contributed by atoms with E-state index in [1.165, 1.54) is 23.5 Å². The van der Waals surface area contributed by atoms with Gasteiger partial charge in [0.05, 0.1) is 18.5 Å². The fraction of sp³-hybridized carbons (Fsp3) is 0.190. The normalized spacial score (nSPS) is 15.6. The predicted molar refractivity (Wildman–Crippen MR) is 110 cm³/mol. The minimum atomic E-state index is -0.783. The zero-order valence-corrected chi connectivity index (χ0v) is 16.6. The van der Waals surface area contributed by atoms with Crippen molar-refractivity contribution in [3.63, 3.8) is 0 Å². The molecule has 8 heteroatoms. The lowest BCUT2D eigenvalue weighted by Crippen LogP contribution is -2.28. The lowest BCUT2D eigenvalue weighted by atomic mass is 10.0. The van der Waals surface area contributed by atoms with Crippen LogP contribution in [0.2, 0.25) is 0 Å². The van der Waals surface area contributed by atoms with Crippen LogP contribution in [0.25, 0.3) is 11.3 Å². The zero-order chi connectivity index (χ0) is 20.4. The van der Waals surface area contributed by atoms with Crippen molar-refractivity contribution >= 4 is 28.1 Å². The predicted octanol–water partition coefficient (Wildman–Crippen LogP) is 4.40. The van der Waals surface area contributed by atoms with E-state index in [1.54, 1.807) is 19.2 Å². The molecule has 2 heterocycles. The van der Waals surface area contributed by atoms with Gasteiger partial charge in [0.25, 0.3) is 5.91 Å². The Kier molecular flexibility index (Phi) is 5.26. The maximum atomic E-state index is 13.4. The molecule has 0 saturated heterocycles. The second kappa shape index (κ2) is 8.00. The molecule has 0 aliphatic carbocycles.